The number of hydrogen-bond donors (Lipinski definition) is 1. The van der Waals surface area contributed by atoms with Gasteiger partial charge in [0.15, 0.2) is 18.1 Å². The second-order valence-electron chi connectivity index (χ2n) is 8.61. The van der Waals surface area contributed by atoms with E-state index in [2.05, 4.69) is 21.2 Å². The lowest BCUT2D eigenvalue weighted by Crippen LogP contribution is -2.27. The first kappa shape index (κ1) is 29.0. The summed E-state index contributed by atoms with van der Waals surface area (Å²) in [5.74, 6) is 0.00981. The third-order valence-corrected chi connectivity index (χ3v) is 8.54. The standard InChI is InChI=1S/C28H23BrCl2N2O5S/c1-15-16(2)22(8-6-19(15)29)32-26(34)14-38-23-9-5-17(11-24(23)37-3)12-25-27(35)33(28(36)39-25)13-18-4-7-20(30)21(31)10-18/h4-12H,13-14H2,1-3H3,(H,32,34)/b25-12-. The van der Waals surface area contributed by atoms with Gasteiger partial charge in [0.2, 0.25) is 0 Å². The molecule has 7 nitrogen and oxygen atoms in total. The van der Waals surface area contributed by atoms with Crippen LogP contribution in [-0.4, -0.2) is 35.7 Å². The molecule has 1 fully saturated rings. The van der Waals surface area contributed by atoms with E-state index in [-0.39, 0.29) is 29.2 Å². The van der Waals surface area contributed by atoms with Gasteiger partial charge in [0.05, 0.1) is 28.6 Å². The molecule has 11 heteroatoms. The highest BCUT2D eigenvalue weighted by atomic mass is 79.9. The normalized spacial score (nSPS) is 14.2. The number of nitrogens with one attached hydrogen (secondary N) is 1. The number of carbonyl (C=O) groups is 3. The summed E-state index contributed by atoms with van der Waals surface area (Å²) < 4.78 is 12.1. The number of halogens is 3. The smallest absolute Gasteiger partial charge is 0.293 e. The second-order valence-corrected chi connectivity index (χ2v) is 11.3. The zero-order valence-corrected chi connectivity index (χ0v) is 25.1. The summed E-state index contributed by atoms with van der Waals surface area (Å²) in [6.07, 6.45) is 1.61. The fraction of sp³-hybridized carbons (Fsp3) is 0.179. The lowest BCUT2D eigenvalue weighted by molar-refractivity contribution is -0.123. The van der Waals surface area contributed by atoms with E-state index in [9.17, 15) is 14.4 Å². The van der Waals surface area contributed by atoms with Gasteiger partial charge < -0.3 is 14.8 Å². The van der Waals surface area contributed by atoms with Crippen molar-refractivity contribution in [1.29, 1.82) is 0 Å². The van der Waals surface area contributed by atoms with Gasteiger partial charge in [0.1, 0.15) is 0 Å². The van der Waals surface area contributed by atoms with Gasteiger partial charge in [-0.05, 0) is 90.3 Å². The van der Waals surface area contributed by atoms with E-state index in [4.69, 9.17) is 32.7 Å². The Morgan fingerprint density at radius 3 is 2.51 bits per heavy atom. The molecule has 202 valence electrons. The average molecular weight is 650 g/mol. The number of ether oxygens (including phenoxy) is 2. The highest BCUT2D eigenvalue weighted by Gasteiger charge is 2.35. The van der Waals surface area contributed by atoms with Crippen molar-refractivity contribution in [3.63, 3.8) is 0 Å². The van der Waals surface area contributed by atoms with Crippen LogP contribution in [0, 0.1) is 13.8 Å². The number of imide groups is 1. The Balaban J connectivity index is 1.42. The van der Waals surface area contributed by atoms with Crippen molar-refractivity contribution < 1.29 is 23.9 Å². The van der Waals surface area contributed by atoms with E-state index in [0.29, 0.717) is 38.4 Å². The Morgan fingerprint density at radius 2 is 1.79 bits per heavy atom. The van der Waals surface area contributed by atoms with E-state index in [1.807, 2.05) is 26.0 Å². The fourth-order valence-corrected chi connectivity index (χ4v) is 5.34. The van der Waals surface area contributed by atoms with E-state index >= 15 is 0 Å². The van der Waals surface area contributed by atoms with Crippen molar-refractivity contribution in [2.24, 2.45) is 0 Å². The zero-order valence-electron chi connectivity index (χ0n) is 21.1. The molecule has 1 heterocycles. The van der Waals surface area contributed by atoms with Crippen LogP contribution in [-0.2, 0) is 16.1 Å². The largest absolute Gasteiger partial charge is 0.493 e. The summed E-state index contributed by atoms with van der Waals surface area (Å²) in [7, 11) is 1.48. The Morgan fingerprint density at radius 1 is 1.03 bits per heavy atom. The van der Waals surface area contributed by atoms with Gasteiger partial charge in [-0.3, -0.25) is 19.3 Å². The number of rotatable bonds is 8. The maximum atomic E-state index is 12.9. The molecule has 0 unspecified atom stereocenters. The monoisotopic (exact) mass is 648 g/mol. The minimum absolute atomic E-state index is 0.0798. The molecule has 1 aliphatic rings. The summed E-state index contributed by atoms with van der Waals surface area (Å²) >= 11 is 16.3. The molecular weight excluding hydrogens is 627 g/mol. The maximum absolute atomic E-state index is 12.9. The molecule has 0 saturated carbocycles. The number of amides is 3. The number of anilines is 1. The Bertz CT molecular complexity index is 1510. The number of thioether (sulfide) groups is 1. The van der Waals surface area contributed by atoms with Crippen LogP contribution in [0.15, 0.2) is 57.9 Å². The highest BCUT2D eigenvalue weighted by Crippen LogP contribution is 2.36. The quantitative estimate of drug-likeness (QED) is 0.253. The van der Waals surface area contributed by atoms with Gasteiger partial charge in [-0.15, -0.1) is 0 Å². The third kappa shape index (κ3) is 6.78. The van der Waals surface area contributed by atoms with Crippen LogP contribution in [0.2, 0.25) is 10.0 Å². The van der Waals surface area contributed by atoms with Crippen LogP contribution in [0.25, 0.3) is 6.08 Å². The fourth-order valence-electron chi connectivity index (χ4n) is 3.75. The molecule has 1 saturated heterocycles. The SMILES string of the molecule is COc1cc(/C=C2\SC(=O)N(Cc3ccc(Cl)c(Cl)c3)C2=O)ccc1OCC(=O)Nc1ccc(Br)c(C)c1C. The summed E-state index contributed by atoms with van der Waals surface area (Å²) in [5.41, 5.74) is 4.02. The lowest BCUT2D eigenvalue weighted by Gasteiger charge is -2.14. The summed E-state index contributed by atoms with van der Waals surface area (Å²) in [5, 5.41) is 3.22. The predicted molar refractivity (Wildman–Crippen MR) is 159 cm³/mol. The van der Waals surface area contributed by atoms with Crippen LogP contribution < -0.4 is 14.8 Å². The zero-order chi connectivity index (χ0) is 28.3. The molecule has 0 aliphatic carbocycles. The van der Waals surface area contributed by atoms with Crippen LogP contribution in [0.3, 0.4) is 0 Å². The van der Waals surface area contributed by atoms with Gasteiger partial charge >= 0.3 is 0 Å². The first-order valence-electron chi connectivity index (χ1n) is 11.6. The third-order valence-electron chi connectivity index (χ3n) is 6.04. The Kier molecular flexibility index (Phi) is 9.27. The first-order chi connectivity index (χ1) is 18.6. The predicted octanol–water partition coefficient (Wildman–Crippen LogP) is 7.64. The second kappa shape index (κ2) is 12.5. The number of methoxy groups -OCH3 is 1. The molecule has 0 aromatic heterocycles. The van der Waals surface area contributed by atoms with Crippen molar-refractivity contribution in [3.05, 3.63) is 90.2 Å². The molecule has 3 aromatic carbocycles. The van der Waals surface area contributed by atoms with Gasteiger partial charge in [-0.2, -0.15) is 0 Å². The topological polar surface area (TPSA) is 84.9 Å². The lowest BCUT2D eigenvalue weighted by atomic mass is 10.1. The molecule has 0 atom stereocenters. The van der Waals surface area contributed by atoms with Gasteiger partial charge in [-0.1, -0.05) is 51.3 Å². The maximum Gasteiger partial charge on any atom is 0.293 e. The van der Waals surface area contributed by atoms with Crippen LogP contribution >= 0.6 is 50.9 Å². The van der Waals surface area contributed by atoms with Gasteiger partial charge in [0.25, 0.3) is 17.1 Å². The number of carbonyl (C=O) groups excluding carboxylic acids is 3. The van der Waals surface area contributed by atoms with Crippen LogP contribution in [0.5, 0.6) is 11.5 Å². The van der Waals surface area contributed by atoms with E-state index < -0.39 is 5.91 Å². The molecule has 0 radical (unpaired) electrons. The molecule has 3 aromatic rings. The van der Waals surface area contributed by atoms with Crippen molar-refractivity contribution >= 4 is 79.7 Å². The molecular formula is C28H23BrCl2N2O5S. The number of hydrogen-bond acceptors (Lipinski definition) is 6. The Hall–Kier alpha value is -2.98. The highest BCUT2D eigenvalue weighted by molar-refractivity contribution is 9.10. The van der Waals surface area contributed by atoms with Gasteiger partial charge in [-0.25, -0.2) is 0 Å². The number of benzene rings is 3. The van der Waals surface area contributed by atoms with Crippen molar-refractivity contribution in [2.75, 3.05) is 19.0 Å². The summed E-state index contributed by atoms with van der Waals surface area (Å²) in [4.78, 5) is 39.4. The Labute approximate surface area is 248 Å². The van der Waals surface area contributed by atoms with E-state index in [1.54, 1.807) is 42.5 Å². The van der Waals surface area contributed by atoms with Crippen molar-refractivity contribution in [3.8, 4) is 11.5 Å². The molecule has 4 rings (SSSR count). The molecule has 3 amide bonds. The molecule has 1 aliphatic heterocycles. The van der Waals surface area contributed by atoms with Crippen LogP contribution in [0.4, 0.5) is 10.5 Å². The minimum atomic E-state index is -0.412. The summed E-state index contributed by atoms with van der Waals surface area (Å²) in [6.45, 7) is 3.75. The molecule has 1 N–H and O–H groups in total. The minimum Gasteiger partial charge on any atom is -0.493 e. The van der Waals surface area contributed by atoms with Crippen molar-refractivity contribution in [1.82, 2.24) is 4.90 Å². The van der Waals surface area contributed by atoms with Crippen LogP contribution in [0.1, 0.15) is 22.3 Å². The van der Waals surface area contributed by atoms with Crippen molar-refractivity contribution in [2.45, 2.75) is 20.4 Å². The molecule has 39 heavy (non-hydrogen) atoms. The molecule has 0 spiro atoms. The summed E-state index contributed by atoms with van der Waals surface area (Å²) in [6, 6.07) is 13.7. The van der Waals surface area contributed by atoms with E-state index in [1.165, 1.54) is 7.11 Å². The van der Waals surface area contributed by atoms with Gasteiger partial charge in [0, 0.05) is 10.2 Å². The first-order valence-corrected chi connectivity index (χ1v) is 14.0. The average Bonchev–Trinajstić information content (AvgIpc) is 3.17. The van der Waals surface area contributed by atoms with E-state index in [0.717, 1.165) is 32.3 Å². The molecule has 0 bridgehead atoms. The number of nitrogens with zero attached hydrogens (tertiary/aromatic N) is 1.